The van der Waals surface area contributed by atoms with E-state index in [1.165, 1.54) is 0 Å². The molecule has 0 heterocycles. The van der Waals surface area contributed by atoms with E-state index in [0.29, 0.717) is 0 Å². The highest BCUT2D eigenvalue weighted by Gasteiger charge is 2.20. The molecule has 0 aliphatic heterocycles. The number of thiol groups is 1. The maximum absolute atomic E-state index is 10.9. The van der Waals surface area contributed by atoms with Crippen LogP contribution in [-0.2, 0) is 14.3 Å². The number of nitrogens with two attached hydrogens (primary N) is 2. The van der Waals surface area contributed by atoms with Gasteiger partial charge in [-0.15, -0.1) is 0 Å². The van der Waals surface area contributed by atoms with E-state index in [2.05, 4.69) is 16.8 Å². The molecule has 0 saturated carbocycles. The normalized spacial score (nSPS) is 14.8. The first-order chi connectivity index (χ1) is 5.04. The predicted octanol–water partition coefficient (Wildman–Crippen LogP) is -1.49. The highest BCUT2D eigenvalue weighted by Crippen LogP contribution is 2.05. The summed E-state index contributed by atoms with van der Waals surface area (Å²) in [6.45, 7) is 0.0553. The largest absolute Gasteiger partial charge is 0.328 e. The van der Waals surface area contributed by atoms with Crippen LogP contribution in [0.4, 0.5) is 0 Å². The molecule has 0 aliphatic rings. The van der Waals surface area contributed by atoms with Crippen LogP contribution in [0.1, 0.15) is 0 Å². The molecule has 11 heavy (non-hydrogen) atoms. The molecule has 4 N–H and O–H groups in total. The van der Waals surface area contributed by atoms with E-state index in [9.17, 15) is 8.42 Å². The maximum atomic E-state index is 10.9. The Hall–Kier alpha value is 0.180. The third-order valence-corrected chi connectivity index (χ3v) is 3.24. The van der Waals surface area contributed by atoms with Crippen LogP contribution in [0.3, 0.4) is 0 Å². The van der Waals surface area contributed by atoms with Crippen molar-refractivity contribution in [1.82, 2.24) is 0 Å². The summed E-state index contributed by atoms with van der Waals surface area (Å²) in [4.78, 5) is 0. The molecule has 0 amide bonds. The van der Waals surface area contributed by atoms with Gasteiger partial charge in [-0.05, 0) is 0 Å². The monoisotopic (exact) mass is 200 g/mol. The van der Waals surface area contributed by atoms with Crippen LogP contribution in [-0.4, -0.2) is 32.7 Å². The van der Waals surface area contributed by atoms with Crippen LogP contribution in [0.25, 0.3) is 0 Å². The molecule has 0 spiro atoms. The van der Waals surface area contributed by atoms with Crippen molar-refractivity contribution in [2.75, 3.05) is 19.7 Å². The average Bonchev–Trinajstić information content (AvgIpc) is 1.99. The first-order valence-electron chi connectivity index (χ1n) is 3.01. The summed E-state index contributed by atoms with van der Waals surface area (Å²) in [6.07, 6.45) is 0. The van der Waals surface area contributed by atoms with Gasteiger partial charge in [0.05, 0.1) is 6.61 Å². The van der Waals surface area contributed by atoms with Gasteiger partial charge in [0.1, 0.15) is 4.58 Å². The molecule has 0 fully saturated rings. The van der Waals surface area contributed by atoms with Gasteiger partial charge in [0.2, 0.25) is 0 Å². The molecular weight excluding hydrogens is 188 g/mol. The van der Waals surface area contributed by atoms with Crippen LogP contribution in [0.2, 0.25) is 0 Å². The van der Waals surface area contributed by atoms with Gasteiger partial charge in [0.25, 0.3) is 10.1 Å². The summed E-state index contributed by atoms with van der Waals surface area (Å²) in [5.41, 5.74) is 10.1. The summed E-state index contributed by atoms with van der Waals surface area (Å²) in [5.74, 6) is 0. The summed E-state index contributed by atoms with van der Waals surface area (Å²) in [6, 6.07) is 0. The minimum atomic E-state index is -3.61. The Morgan fingerprint density at radius 1 is 1.45 bits per heavy atom. The number of hydrogen-bond acceptors (Lipinski definition) is 6. The van der Waals surface area contributed by atoms with E-state index >= 15 is 0 Å². The molecule has 0 saturated heterocycles. The van der Waals surface area contributed by atoms with Gasteiger partial charge < -0.3 is 11.5 Å². The van der Waals surface area contributed by atoms with E-state index in [4.69, 9.17) is 11.5 Å². The molecule has 0 rings (SSSR count). The van der Waals surface area contributed by atoms with E-state index in [-0.39, 0.29) is 19.7 Å². The summed E-state index contributed by atoms with van der Waals surface area (Å²) in [7, 11) is -3.61. The third kappa shape index (κ3) is 3.92. The fourth-order valence-electron chi connectivity index (χ4n) is 0.361. The van der Waals surface area contributed by atoms with Gasteiger partial charge in [-0.25, -0.2) is 0 Å². The molecule has 0 aromatic rings. The highest BCUT2D eigenvalue weighted by atomic mass is 32.3. The van der Waals surface area contributed by atoms with Crippen molar-refractivity contribution in [2.45, 2.75) is 4.58 Å². The zero-order chi connectivity index (χ0) is 8.91. The lowest BCUT2D eigenvalue weighted by molar-refractivity contribution is 0.326. The van der Waals surface area contributed by atoms with Gasteiger partial charge in [-0.3, -0.25) is 4.18 Å². The molecule has 5 nitrogen and oxygen atoms in total. The fourth-order valence-corrected chi connectivity index (χ4v) is 1.26. The summed E-state index contributed by atoms with van der Waals surface area (Å²) >= 11 is 3.70. The van der Waals surface area contributed by atoms with Crippen LogP contribution >= 0.6 is 12.6 Å². The first kappa shape index (κ1) is 11.2. The van der Waals surface area contributed by atoms with Crippen molar-refractivity contribution in [1.29, 1.82) is 0 Å². The Morgan fingerprint density at radius 2 is 2.00 bits per heavy atom. The van der Waals surface area contributed by atoms with Gasteiger partial charge >= 0.3 is 0 Å². The predicted molar refractivity (Wildman–Crippen MR) is 45.8 cm³/mol. The Balaban J connectivity index is 4.01. The minimum absolute atomic E-state index is 0.0284. The Morgan fingerprint density at radius 3 is 2.36 bits per heavy atom. The van der Waals surface area contributed by atoms with Crippen molar-refractivity contribution in [3.8, 4) is 0 Å². The maximum Gasteiger partial charge on any atom is 0.280 e. The van der Waals surface area contributed by atoms with Crippen molar-refractivity contribution in [3.63, 3.8) is 0 Å². The van der Waals surface area contributed by atoms with E-state index in [1.54, 1.807) is 0 Å². The van der Waals surface area contributed by atoms with Crippen molar-refractivity contribution in [2.24, 2.45) is 11.5 Å². The van der Waals surface area contributed by atoms with Gasteiger partial charge in [-0.1, -0.05) is 0 Å². The molecule has 0 aromatic heterocycles. The molecule has 0 aliphatic carbocycles. The van der Waals surface area contributed by atoms with Crippen molar-refractivity contribution >= 4 is 22.7 Å². The zero-order valence-electron chi connectivity index (χ0n) is 5.93. The molecule has 0 bridgehead atoms. The number of rotatable bonds is 5. The Labute approximate surface area is 71.6 Å². The average molecular weight is 200 g/mol. The SMILES string of the molecule is NCCOS(=O)(=O)C(S)CN. The standard InChI is InChI=1S/C4H12N2O3S2/c5-1-2-9-11(7,8)4(10)3-6/h4,10H,1-3,5-6H2. The lowest BCUT2D eigenvalue weighted by Gasteiger charge is -2.08. The second-order valence-electron chi connectivity index (χ2n) is 1.79. The van der Waals surface area contributed by atoms with E-state index in [1.807, 2.05) is 0 Å². The van der Waals surface area contributed by atoms with Gasteiger partial charge in [0.15, 0.2) is 0 Å². The van der Waals surface area contributed by atoms with Gasteiger partial charge in [0, 0.05) is 13.1 Å². The highest BCUT2D eigenvalue weighted by molar-refractivity contribution is 8.02. The minimum Gasteiger partial charge on any atom is -0.328 e. The van der Waals surface area contributed by atoms with Crippen LogP contribution < -0.4 is 11.5 Å². The second kappa shape index (κ2) is 4.94. The van der Waals surface area contributed by atoms with Crippen LogP contribution in [0.5, 0.6) is 0 Å². The first-order valence-corrected chi connectivity index (χ1v) is 5.00. The molecule has 0 aromatic carbocycles. The van der Waals surface area contributed by atoms with Crippen LogP contribution in [0, 0.1) is 0 Å². The van der Waals surface area contributed by atoms with Gasteiger partial charge in [-0.2, -0.15) is 21.0 Å². The lowest BCUT2D eigenvalue weighted by atomic mass is 10.8. The van der Waals surface area contributed by atoms with E-state index < -0.39 is 14.7 Å². The molecule has 0 radical (unpaired) electrons. The Kier molecular flexibility index (Phi) is 5.02. The molecular formula is C4H12N2O3S2. The Bertz CT molecular complexity index is 192. The summed E-state index contributed by atoms with van der Waals surface area (Å²) < 4.78 is 25.2. The molecule has 1 atom stereocenters. The smallest absolute Gasteiger partial charge is 0.280 e. The van der Waals surface area contributed by atoms with Crippen molar-refractivity contribution in [3.05, 3.63) is 0 Å². The lowest BCUT2D eigenvalue weighted by Crippen LogP contribution is -2.27. The molecule has 1 unspecified atom stereocenters. The quantitative estimate of drug-likeness (QED) is 0.371. The summed E-state index contributed by atoms with van der Waals surface area (Å²) in [5, 5.41) is 0. The topological polar surface area (TPSA) is 95.4 Å². The molecule has 68 valence electrons. The van der Waals surface area contributed by atoms with Crippen molar-refractivity contribution < 1.29 is 12.6 Å². The zero-order valence-corrected chi connectivity index (χ0v) is 7.64. The number of hydrogen-bond donors (Lipinski definition) is 3. The third-order valence-electron chi connectivity index (χ3n) is 0.900. The second-order valence-corrected chi connectivity index (χ2v) is 4.56. The van der Waals surface area contributed by atoms with Crippen LogP contribution in [0.15, 0.2) is 0 Å². The molecule has 7 heteroatoms. The fraction of sp³-hybridized carbons (Fsp3) is 1.00. The van der Waals surface area contributed by atoms with E-state index in [0.717, 1.165) is 0 Å².